The van der Waals surface area contributed by atoms with Gasteiger partial charge in [0.15, 0.2) is 0 Å². The number of hydrogen-bond donors (Lipinski definition) is 2. The minimum atomic E-state index is 0.0468. The number of amides is 1. The molecule has 2 unspecified atom stereocenters. The molecular formula is C13H26N2O. The van der Waals surface area contributed by atoms with E-state index in [1.54, 1.807) is 0 Å². The van der Waals surface area contributed by atoms with Crippen LogP contribution in [0.25, 0.3) is 0 Å². The van der Waals surface area contributed by atoms with Crippen LogP contribution in [0.4, 0.5) is 0 Å². The smallest absolute Gasteiger partial charge is 0.237 e. The summed E-state index contributed by atoms with van der Waals surface area (Å²) in [6.45, 7) is 7.49. The summed E-state index contributed by atoms with van der Waals surface area (Å²) in [5.41, 5.74) is 0. The Kier molecular flexibility index (Phi) is 5.81. The van der Waals surface area contributed by atoms with Crippen LogP contribution in [0.1, 0.15) is 52.9 Å². The van der Waals surface area contributed by atoms with Crippen LogP contribution in [0.2, 0.25) is 0 Å². The lowest BCUT2D eigenvalue weighted by atomic mass is 9.95. The number of carbonyl (C=O) groups is 1. The van der Waals surface area contributed by atoms with Gasteiger partial charge in [0.05, 0.1) is 6.04 Å². The Hall–Kier alpha value is -0.570. The molecular weight excluding hydrogens is 200 g/mol. The standard InChI is InChI=1S/C13H26N2O/c1-4-11(5-2)10(3)15-13(16)12-8-6-7-9-14-12/h10-12,14H,4-9H2,1-3H3,(H,15,16). The summed E-state index contributed by atoms with van der Waals surface area (Å²) in [5, 5.41) is 6.44. The van der Waals surface area contributed by atoms with Crippen LogP contribution in [0.3, 0.4) is 0 Å². The minimum Gasteiger partial charge on any atom is -0.352 e. The monoisotopic (exact) mass is 226 g/mol. The van der Waals surface area contributed by atoms with Crippen molar-refractivity contribution in [3.63, 3.8) is 0 Å². The second-order valence-corrected chi connectivity index (χ2v) is 4.88. The van der Waals surface area contributed by atoms with Crippen LogP contribution in [-0.2, 0) is 4.79 Å². The minimum absolute atomic E-state index is 0.0468. The molecule has 1 heterocycles. The van der Waals surface area contributed by atoms with E-state index in [0.717, 1.165) is 25.8 Å². The Bertz CT molecular complexity index is 208. The molecule has 0 spiro atoms. The molecule has 1 fully saturated rings. The zero-order chi connectivity index (χ0) is 12.0. The highest BCUT2D eigenvalue weighted by Gasteiger charge is 2.23. The number of nitrogens with one attached hydrogen (secondary N) is 2. The van der Waals surface area contributed by atoms with Crippen LogP contribution in [0.15, 0.2) is 0 Å². The molecule has 0 aromatic rings. The van der Waals surface area contributed by atoms with Gasteiger partial charge in [-0.2, -0.15) is 0 Å². The number of rotatable bonds is 5. The van der Waals surface area contributed by atoms with Crippen molar-refractivity contribution in [2.75, 3.05) is 6.54 Å². The zero-order valence-electron chi connectivity index (χ0n) is 10.9. The molecule has 0 bridgehead atoms. The fourth-order valence-electron chi connectivity index (χ4n) is 2.51. The van der Waals surface area contributed by atoms with Gasteiger partial charge in [0.25, 0.3) is 0 Å². The maximum Gasteiger partial charge on any atom is 0.237 e. The maximum absolute atomic E-state index is 12.0. The molecule has 0 aromatic carbocycles. The Morgan fingerprint density at radius 2 is 2.06 bits per heavy atom. The Labute approximate surface area is 99.4 Å². The van der Waals surface area contributed by atoms with Gasteiger partial charge in [-0.25, -0.2) is 0 Å². The third-order valence-corrected chi connectivity index (χ3v) is 3.75. The van der Waals surface area contributed by atoms with E-state index in [2.05, 4.69) is 31.4 Å². The molecule has 1 aliphatic heterocycles. The SMILES string of the molecule is CCC(CC)C(C)NC(=O)C1CCCCN1. The molecule has 94 valence electrons. The van der Waals surface area contributed by atoms with Crippen molar-refractivity contribution in [3.8, 4) is 0 Å². The summed E-state index contributed by atoms with van der Waals surface area (Å²) in [4.78, 5) is 12.0. The molecule has 1 aliphatic rings. The van der Waals surface area contributed by atoms with E-state index in [4.69, 9.17) is 0 Å². The molecule has 1 saturated heterocycles. The Balaban J connectivity index is 2.37. The largest absolute Gasteiger partial charge is 0.352 e. The molecule has 3 nitrogen and oxygen atoms in total. The maximum atomic E-state index is 12.0. The van der Waals surface area contributed by atoms with E-state index in [9.17, 15) is 4.79 Å². The number of piperidine rings is 1. The highest BCUT2D eigenvalue weighted by molar-refractivity contribution is 5.82. The van der Waals surface area contributed by atoms with Gasteiger partial charge < -0.3 is 10.6 Å². The summed E-state index contributed by atoms with van der Waals surface area (Å²) >= 11 is 0. The summed E-state index contributed by atoms with van der Waals surface area (Å²) in [6.07, 6.45) is 5.63. The predicted molar refractivity (Wildman–Crippen MR) is 67.3 cm³/mol. The number of hydrogen-bond acceptors (Lipinski definition) is 2. The molecule has 16 heavy (non-hydrogen) atoms. The molecule has 0 aliphatic carbocycles. The number of carbonyl (C=O) groups excluding carboxylic acids is 1. The van der Waals surface area contributed by atoms with Gasteiger partial charge in [-0.1, -0.05) is 33.1 Å². The fourth-order valence-corrected chi connectivity index (χ4v) is 2.51. The second kappa shape index (κ2) is 6.89. The third-order valence-electron chi connectivity index (χ3n) is 3.75. The zero-order valence-corrected chi connectivity index (χ0v) is 10.9. The van der Waals surface area contributed by atoms with Crippen molar-refractivity contribution in [2.24, 2.45) is 5.92 Å². The molecule has 0 aromatic heterocycles. The Morgan fingerprint density at radius 3 is 2.56 bits per heavy atom. The van der Waals surface area contributed by atoms with E-state index >= 15 is 0 Å². The molecule has 0 saturated carbocycles. The van der Waals surface area contributed by atoms with Crippen molar-refractivity contribution in [1.29, 1.82) is 0 Å². The fraction of sp³-hybridized carbons (Fsp3) is 0.923. The van der Waals surface area contributed by atoms with Crippen molar-refractivity contribution in [3.05, 3.63) is 0 Å². The normalized spacial score (nSPS) is 23.1. The molecule has 2 N–H and O–H groups in total. The molecule has 1 rings (SSSR count). The van der Waals surface area contributed by atoms with Gasteiger partial charge in [-0.15, -0.1) is 0 Å². The second-order valence-electron chi connectivity index (χ2n) is 4.88. The van der Waals surface area contributed by atoms with Gasteiger partial charge in [0, 0.05) is 6.04 Å². The van der Waals surface area contributed by atoms with E-state index < -0.39 is 0 Å². The van der Waals surface area contributed by atoms with Crippen LogP contribution < -0.4 is 10.6 Å². The highest BCUT2D eigenvalue weighted by Crippen LogP contribution is 2.13. The van der Waals surface area contributed by atoms with Gasteiger partial charge in [0.1, 0.15) is 0 Å². The van der Waals surface area contributed by atoms with Gasteiger partial charge in [0.2, 0.25) is 5.91 Å². The lowest BCUT2D eigenvalue weighted by Gasteiger charge is -2.27. The van der Waals surface area contributed by atoms with E-state index in [-0.39, 0.29) is 11.9 Å². The molecule has 2 atom stereocenters. The first kappa shape index (κ1) is 13.5. The van der Waals surface area contributed by atoms with Crippen LogP contribution in [0, 0.1) is 5.92 Å². The lowest BCUT2D eigenvalue weighted by Crippen LogP contribution is -2.50. The summed E-state index contributed by atoms with van der Waals surface area (Å²) < 4.78 is 0. The first-order valence-corrected chi connectivity index (χ1v) is 6.72. The van der Waals surface area contributed by atoms with E-state index in [0.29, 0.717) is 12.0 Å². The summed E-state index contributed by atoms with van der Waals surface area (Å²) in [5.74, 6) is 0.798. The Morgan fingerprint density at radius 1 is 1.38 bits per heavy atom. The molecule has 3 heteroatoms. The van der Waals surface area contributed by atoms with Crippen molar-refractivity contribution >= 4 is 5.91 Å². The average Bonchev–Trinajstić information content (AvgIpc) is 2.31. The predicted octanol–water partition coefficient (Wildman–Crippen LogP) is 2.07. The van der Waals surface area contributed by atoms with Crippen molar-refractivity contribution in [1.82, 2.24) is 10.6 Å². The first-order valence-electron chi connectivity index (χ1n) is 6.72. The third kappa shape index (κ3) is 3.78. The highest BCUT2D eigenvalue weighted by atomic mass is 16.2. The molecule has 1 amide bonds. The molecule has 0 radical (unpaired) electrons. The van der Waals surface area contributed by atoms with E-state index in [1.807, 2.05) is 0 Å². The van der Waals surface area contributed by atoms with Gasteiger partial charge in [-0.05, 0) is 32.2 Å². The average molecular weight is 226 g/mol. The van der Waals surface area contributed by atoms with Gasteiger partial charge in [-0.3, -0.25) is 4.79 Å². The summed E-state index contributed by atoms with van der Waals surface area (Å²) in [6, 6.07) is 0.344. The van der Waals surface area contributed by atoms with E-state index in [1.165, 1.54) is 12.8 Å². The van der Waals surface area contributed by atoms with Crippen LogP contribution in [-0.4, -0.2) is 24.5 Å². The summed E-state index contributed by atoms with van der Waals surface area (Å²) in [7, 11) is 0. The van der Waals surface area contributed by atoms with Crippen LogP contribution in [0.5, 0.6) is 0 Å². The van der Waals surface area contributed by atoms with Gasteiger partial charge >= 0.3 is 0 Å². The lowest BCUT2D eigenvalue weighted by molar-refractivity contribution is -0.124. The van der Waals surface area contributed by atoms with Crippen molar-refractivity contribution in [2.45, 2.75) is 65.0 Å². The van der Waals surface area contributed by atoms with Crippen molar-refractivity contribution < 1.29 is 4.79 Å². The first-order chi connectivity index (χ1) is 7.69. The van der Waals surface area contributed by atoms with Crippen LogP contribution >= 0.6 is 0 Å². The quantitative estimate of drug-likeness (QED) is 0.753. The topological polar surface area (TPSA) is 41.1 Å².